The molecule has 2 aromatic rings. The van der Waals surface area contributed by atoms with Crippen LogP contribution in [0.4, 0.5) is 4.39 Å². The fourth-order valence-corrected chi connectivity index (χ4v) is 2.37. The first-order chi connectivity index (χ1) is 8.27. The monoisotopic (exact) mass is 228 g/mol. The number of Topliss-reactive ketones (excluding diaryl/α,β-unsaturated/α-hetero) is 1. The normalized spacial score (nSPS) is 15.8. The molecule has 0 aliphatic heterocycles. The van der Waals surface area contributed by atoms with Gasteiger partial charge in [0.1, 0.15) is 5.82 Å². The molecule has 0 saturated heterocycles. The van der Waals surface area contributed by atoms with E-state index in [4.69, 9.17) is 0 Å². The first-order valence-electron chi connectivity index (χ1n) is 5.99. The van der Waals surface area contributed by atoms with Crippen LogP contribution in [0.2, 0.25) is 0 Å². The lowest BCUT2D eigenvalue weighted by atomic mass is 9.79. The maximum atomic E-state index is 13.6. The molecule has 86 valence electrons. The lowest BCUT2D eigenvalue weighted by molar-refractivity contribution is 0.0857. The maximum absolute atomic E-state index is 13.6. The minimum Gasteiger partial charge on any atom is -0.294 e. The Bertz CT molecular complexity index is 584. The second kappa shape index (κ2) is 3.95. The highest BCUT2D eigenvalue weighted by Gasteiger charge is 2.27. The Morgan fingerprint density at radius 2 is 1.76 bits per heavy atom. The summed E-state index contributed by atoms with van der Waals surface area (Å²) in [6.07, 6.45) is 3.09. The molecule has 17 heavy (non-hydrogen) atoms. The number of halogens is 1. The van der Waals surface area contributed by atoms with Gasteiger partial charge in [-0.2, -0.15) is 0 Å². The summed E-state index contributed by atoms with van der Waals surface area (Å²) in [7, 11) is 0. The fourth-order valence-electron chi connectivity index (χ4n) is 2.37. The van der Waals surface area contributed by atoms with Crippen LogP contribution in [0.25, 0.3) is 10.8 Å². The van der Waals surface area contributed by atoms with Crippen molar-refractivity contribution in [2.75, 3.05) is 0 Å². The topological polar surface area (TPSA) is 17.1 Å². The standard InChI is InChI=1S/C15H13FO/c16-14-9-8-13(15(17)10-4-3-5-10)11-6-1-2-7-12(11)14/h1-2,6-10H,3-5H2. The third kappa shape index (κ3) is 1.64. The van der Waals surface area contributed by atoms with Crippen LogP contribution in [0.5, 0.6) is 0 Å². The van der Waals surface area contributed by atoms with Crippen LogP contribution < -0.4 is 0 Å². The van der Waals surface area contributed by atoms with E-state index in [1.807, 2.05) is 12.1 Å². The van der Waals surface area contributed by atoms with Gasteiger partial charge in [0.05, 0.1) is 0 Å². The van der Waals surface area contributed by atoms with Crippen molar-refractivity contribution in [2.45, 2.75) is 19.3 Å². The lowest BCUT2D eigenvalue weighted by Crippen LogP contribution is -2.22. The lowest BCUT2D eigenvalue weighted by Gasteiger charge is -2.24. The predicted molar refractivity (Wildman–Crippen MR) is 65.6 cm³/mol. The average Bonchev–Trinajstić information content (AvgIpc) is 2.27. The summed E-state index contributed by atoms with van der Waals surface area (Å²) in [5, 5.41) is 1.28. The van der Waals surface area contributed by atoms with Crippen LogP contribution >= 0.6 is 0 Å². The Morgan fingerprint density at radius 3 is 2.41 bits per heavy atom. The third-order valence-corrected chi connectivity index (χ3v) is 3.61. The molecule has 0 aromatic heterocycles. The van der Waals surface area contributed by atoms with E-state index < -0.39 is 0 Å². The van der Waals surface area contributed by atoms with Gasteiger partial charge in [-0.15, -0.1) is 0 Å². The minimum atomic E-state index is -0.259. The predicted octanol–water partition coefficient (Wildman–Crippen LogP) is 3.96. The Labute approximate surface area is 99.3 Å². The van der Waals surface area contributed by atoms with Gasteiger partial charge in [-0.3, -0.25) is 4.79 Å². The van der Waals surface area contributed by atoms with E-state index in [1.54, 1.807) is 18.2 Å². The number of benzene rings is 2. The highest BCUT2D eigenvalue weighted by molar-refractivity contribution is 6.09. The molecule has 1 nitrogen and oxygen atoms in total. The average molecular weight is 228 g/mol. The number of hydrogen-bond acceptors (Lipinski definition) is 1. The molecule has 0 atom stereocenters. The number of ketones is 1. The summed E-state index contributed by atoms with van der Waals surface area (Å²) in [5.74, 6) is 0.0714. The Kier molecular flexibility index (Phi) is 2.43. The third-order valence-electron chi connectivity index (χ3n) is 3.61. The van der Waals surface area contributed by atoms with Crippen LogP contribution in [0, 0.1) is 11.7 Å². The second-order valence-electron chi connectivity index (χ2n) is 4.63. The van der Waals surface area contributed by atoms with E-state index in [9.17, 15) is 9.18 Å². The molecule has 0 bridgehead atoms. The molecular weight excluding hydrogens is 215 g/mol. The van der Waals surface area contributed by atoms with Crippen LogP contribution in [-0.2, 0) is 0 Å². The molecule has 1 aliphatic rings. The molecule has 0 heterocycles. The van der Waals surface area contributed by atoms with Gasteiger partial charge in [-0.1, -0.05) is 30.7 Å². The number of hydrogen-bond donors (Lipinski definition) is 0. The molecule has 0 radical (unpaired) electrons. The molecular formula is C15H13FO. The Morgan fingerprint density at radius 1 is 1.06 bits per heavy atom. The molecule has 2 heteroatoms. The summed E-state index contributed by atoms with van der Waals surface area (Å²) >= 11 is 0. The largest absolute Gasteiger partial charge is 0.294 e. The SMILES string of the molecule is O=C(c1ccc(F)c2ccccc12)C1CCC1. The van der Waals surface area contributed by atoms with E-state index >= 15 is 0 Å². The number of rotatable bonds is 2. The molecule has 0 amide bonds. The second-order valence-corrected chi connectivity index (χ2v) is 4.63. The van der Waals surface area contributed by atoms with Crippen molar-refractivity contribution in [2.24, 2.45) is 5.92 Å². The Hall–Kier alpha value is -1.70. The molecule has 3 rings (SSSR count). The summed E-state index contributed by atoms with van der Waals surface area (Å²) in [5.41, 5.74) is 0.673. The molecule has 1 aliphatic carbocycles. The van der Waals surface area contributed by atoms with E-state index in [2.05, 4.69) is 0 Å². The van der Waals surface area contributed by atoms with Crippen molar-refractivity contribution >= 4 is 16.6 Å². The van der Waals surface area contributed by atoms with Gasteiger partial charge in [-0.25, -0.2) is 4.39 Å². The minimum absolute atomic E-state index is 0.156. The zero-order valence-electron chi connectivity index (χ0n) is 9.45. The van der Waals surface area contributed by atoms with Crippen molar-refractivity contribution in [3.8, 4) is 0 Å². The van der Waals surface area contributed by atoms with Crippen molar-refractivity contribution in [3.63, 3.8) is 0 Å². The summed E-state index contributed by atoms with van der Waals surface area (Å²) in [6.45, 7) is 0. The number of fused-ring (bicyclic) bond motifs is 1. The smallest absolute Gasteiger partial charge is 0.166 e. The van der Waals surface area contributed by atoms with E-state index in [0.717, 1.165) is 24.6 Å². The zero-order valence-corrected chi connectivity index (χ0v) is 9.45. The van der Waals surface area contributed by atoms with Crippen molar-refractivity contribution in [1.82, 2.24) is 0 Å². The highest BCUT2D eigenvalue weighted by Crippen LogP contribution is 2.32. The first kappa shape index (κ1) is 10.5. The molecule has 1 fully saturated rings. The zero-order chi connectivity index (χ0) is 11.8. The molecule has 0 spiro atoms. The summed E-state index contributed by atoms with van der Waals surface area (Å²) < 4.78 is 13.6. The molecule has 1 saturated carbocycles. The van der Waals surface area contributed by atoms with Gasteiger partial charge in [0.15, 0.2) is 5.78 Å². The quantitative estimate of drug-likeness (QED) is 0.711. The van der Waals surface area contributed by atoms with Gasteiger partial charge >= 0.3 is 0 Å². The van der Waals surface area contributed by atoms with E-state index in [1.165, 1.54) is 6.07 Å². The van der Waals surface area contributed by atoms with E-state index in [0.29, 0.717) is 10.9 Å². The first-order valence-corrected chi connectivity index (χ1v) is 5.99. The summed E-state index contributed by atoms with van der Waals surface area (Å²) in [4.78, 5) is 12.2. The van der Waals surface area contributed by atoms with Gasteiger partial charge in [0.25, 0.3) is 0 Å². The van der Waals surface area contributed by atoms with Crippen molar-refractivity contribution < 1.29 is 9.18 Å². The van der Waals surface area contributed by atoms with Gasteiger partial charge in [0, 0.05) is 16.9 Å². The van der Waals surface area contributed by atoms with Crippen molar-refractivity contribution in [3.05, 3.63) is 47.8 Å². The highest BCUT2D eigenvalue weighted by atomic mass is 19.1. The number of carbonyl (C=O) groups is 1. The summed E-state index contributed by atoms with van der Waals surface area (Å²) in [6, 6.07) is 10.2. The molecule has 2 aromatic carbocycles. The van der Waals surface area contributed by atoms with Gasteiger partial charge in [-0.05, 0) is 30.4 Å². The van der Waals surface area contributed by atoms with Crippen LogP contribution in [0.1, 0.15) is 29.6 Å². The van der Waals surface area contributed by atoms with E-state index in [-0.39, 0.29) is 17.5 Å². The fraction of sp³-hybridized carbons (Fsp3) is 0.267. The van der Waals surface area contributed by atoms with Crippen LogP contribution in [0.15, 0.2) is 36.4 Å². The Balaban J connectivity index is 2.16. The molecule has 0 unspecified atom stereocenters. The van der Waals surface area contributed by atoms with Crippen LogP contribution in [0.3, 0.4) is 0 Å². The van der Waals surface area contributed by atoms with Gasteiger partial charge in [0.2, 0.25) is 0 Å². The van der Waals surface area contributed by atoms with Crippen LogP contribution in [-0.4, -0.2) is 5.78 Å². The van der Waals surface area contributed by atoms with Gasteiger partial charge < -0.3 is 0 Å². The number of carbonyl (C=O) groups excluding carboxylic acids is 1. The maximum Gasteiger partial charge on any atom is 0.166 e. The molecule has 0 N–H and O–H groups in total. The van der Waals surface area contributed by atoms with Crippen molar-refractivity contribution in [1.29, 1.82) is 0 Å².